The summed E-state index contributed by atoms with van der Waals surface area (Å²) in [5, 5.41) is 0. The average molecular weight is 575 g/mol. The van der Waals surface area contributed by atoms with Crippen molar-refractivity contribution in [1.29, 1.82) is 0 Å². The topological polar surface area (TPSA) is 43.6 Å². The van der Waals surface area contributed by atoms with Crippen LogP contribution in [0.2, 0.25) is 0 Å². The predicted octanol–water partition coefficient (Wildman–Crippen LogP) is 10.1. The SMILES string of the molecule is c1ccc(-c2cc(-c3ccccc3)nc(-c3ccc(-c4nc5cccc6c5n4-c4ccccc4-c4ccccc4-6)cc3)n2)cc1. The van der Waals surface area contributed by atoms with Crippen LogP contribution in [-0.4, -0.2) is 19.5 Å². The molecule has 1 aliphatic heterocycles. The molecule has 2 aromatic heterocycles. The Morgan fingerprint density at radius 2 is 0.911 bits per heavy atom. The van der Waals surface area contributed by atoms with Crippen LogP contribution in [0.25, 0.3) is 84.3 Å². The highest BCUT2D eigenvalue weighted by Gasteiger charge is 2.25. The van der Waals surface area contributed by atoms with E-state index in [-0.39, 0.29) is 0 Å². The van der Waals surface area contributed by atoms with Crippen molar-refractivity contribution >= 4 is 11.0 Å². The fourth-order valence-electron chi connectivity index (χ4n) is 6.48. The number of imidazole rings is 1. The molecule has 0 N–H and O–H groups in total. The van der Waals surface area contributed by atoms with Gasteiger partial charge in [-0.25, -0.2) is 15.0 Å². The molecule has 0 radical (unpaired) electrons. The first-order valence-electron chi connectivity index (χ1n) is 15.1. The number of nitrogens with zero attached hydrogens (tertiary/aromatic N) is 4. The lowest BCUT2D eigenvalue weighted by Crippen LogP contribution is -1.99. The van der Waals surface area contributed by atoms with Gasteiger partial charge in [-0.2, -0.15) is 0 Å². The molecule has 9 rings (SSSR count). The van der Waals surface area contributed by atoms with Crippen LogP contribution in [0.15, 0.2) is 158 Å². The monoisotopic (exact) mass is 574 g/mol. The second-order valence-corrected chi connectivity index (χ2v) is 11.3. The summed E-state index contributed by atoms with van der Waals surface area (Å²) >= 11 is 0. The van der Waals surface area contributed by atoms with E-state index in [0.29, 0.717) is 5.82 Å². The molecule has 0 atom stereocenters. The minimum Gasteiger partial charge on any atom is -0.291 e. The highest BCUT2D eigenvalue weighted by atomic mass is 15.1. The van der Waals surface area contributed by atoms with Gasteiger partial charge in [0, 0.05) is 33.4 Å². The van der Waals surface area contributed by atoms with E-state index in [0.717, 1.165) is 56.2 Å². The first-order chi connectivity index (χ1) is 22.3. The van der Waals surface area contributed by atoms with Gasteiger partial charge in [-0.1, -0.05) is 140 Å². The molecule has 6 aromatic carbocycles. The van der Waals surface area contributed by atoms with Gasteiger partial charge in [0.2, 0.25) is 0 Å². The zero-order valence-electron chi connectivity index (χ0n) is 24.3. The summed E-state index contributed by atoms with van der Waals surface area (Å²) in [6, 6.07) is 54.8. The molecule has 0 saturated carbocycles. The third kappa shape index (κ3) is 4.19. The van der Waals surface area contributed by atoms with Gasteiger partial charge in [0.05, 0.1) is 28.1 Å². The summed E-state index contributed by atoms with van der Waals surface area (Å²) in [6.45, 7) is 0. The van der Waals surface area contributed by atoms with E-state index in [1.165, 1.54) is 22.3 Å². The molecule has 4 heteroatoms. The highest BCUT2D eigenvalue weighted by molar-refractivity contribution is 6.03. The van der Waals surface area contributed by atoms with Gasteiger partial charge in [0.25, 0.3) is 0 Å². The van der Waals surface area contributed by atoms with Crippen LogP contribution < -0.4 is 0 Å². The summed E-state index contributed by atoms with van der Waals surface area (Å²) in [6.07, 6.45) is 0. The Bertz CT molecular complexity index is 2300. The Morgan fingerprint density at radius 3 is 1.58 bits per heavy atom. The third-order valence-electron chi connectivity index (χ3n) is 8.60. The van der Waals surface area contributed by atoms with Crippen LogP contribution in [0.3, 0.4) is 0 Å². The molecule has 0 saturated heterocycles. The Balaban J connectivity index is 1.21. The number of hydrogen-bond acceptors (Lipinski definition) is 3. The Labute approximate surface area is 261 Å². The minimum absolute atomic E-state index is 0.691. The van der Waals surface area contributed by atoms with Crippen molar-refractivity contribution in [3.8, 4) is 73.2 Å². The van der Waals surface area contributed by atoms with Crippen molar-refractivity contribution < 1.29 is 0 Å². The van der Waals surface area contributed by atoms with Crippen LogP contribution in [0, 0.1) is 0 Å². The molecular formula is C41H26N4. The molecule has 0 aliphatic carbocycles. The number of para-hydroxylation sites is 2. The molecule has 0 bridgehead atoms. The quantitative estimate of drug-likeness (QED) is 0.210. The molecule has 45 heavy (non-hydrogen) atoms. The van der Waals surface area contributed by atoms with Gasteiger partial charge >= 0.3 is 0 Å². The van der Waals surface area contributed by atoms with Crippen molar-refractivity contribution in [2.24, 2.45) is 0 Å². The highest BCUT2D eigenvalue weighted by Crippen LogP contribution is 2.45. The van der Waals surface area contributed by atoms with Crippen molar-refractivity contribution in [3.05, 3.63) is 158 Å². The summed E-state index contributed by atoms with van der Waals surface area (Å²) < 4.78 is 2.33. The van der Waals surface area contributed by atoms with Crippen molar-refractivity contribution in [2.45, 2.75) is 0 Å². The van der Waals surface area contributed by atoms with E-state index in [4.69, 9.17) is 15.0 Å². The van der Waals surface area contributed by atoms with E-state index >= 15 is 0 Å². The maximum absolute atomic E-state index is 5.21. The maximum Gasteiger partial charge on any atom is 0.160 e. The molecule has 0 fully saturated rings. The Hall–Kier alpha value is -6.13. The number of benzene rings is 6. The third-order valence-corrected chi connectivity index (χ3v) is 8.60. The van der Waals surface area contributed by atoms with Crippen molar-refractivity contribution in [1.82, 2.24) is 19.5 Å². The summed E-state index contributed by atoms with van der Waals surface area (Å²) in [5.41, 5.74) is 14.0. The summed E-state index contributed by atoms with van der Waals surface area (Å²) in [7, 11) is 0. The molecule has 210 valence electrons. The van der Waals surface area contributed by atoms with E-state index in [9.17, 15) is 0 Å². The van der Waals surface area contributed by atoms with Crippen LogP contribution in [0.1, 0.15) is 0 Å². The van der Waals surface area contributed by atoms with Crippen molar-refractivity contribution in [3.63, 3.8) is 0 Å². The molecule has 0 spiro atoms. The normalized spacial score (nSPS) is 11.6. The molecule has 0 amide bonds. The molecular weight excluding hydrogens is 548 g/mol. The van der Waals surface area contributed by atoms with Crippen LogP contribution in [0.4, 0.5) is 0 Å². The number of aromatic nitrogens is 4. The molecule has 1 aliphatic rings. The standard InChI is InChI=1S/C41H26N4/c1-3-12-27(13-4-1)36-26-37(28-14-5-2-6-15-28)43-40(42-36)29-22-24-30(25-23-29)41-44-35-20-11-19-34-32-17-8-7-16-31(32)33-18-9-10-21-38(33)45(41)39(34)35/h1-26H. The zero-order chi connectivity index (χ0) is 29.7. The number of rotatable bonds is 4. The summed E-state index contributed by atoms with van der Waals surface area (Å²) in [5.74, 6) is 1.60. The van der Waals surface area contributed by atoms with Gasteiger partial charge in [0.15, 0.2) is 5.82 Å². The first-order valence-corrected chi connectivity index (χ1v) is 15.1. The van der Waals surface area contributed by atoms with E-state index in [1.54, 1.807) is 0 Å². The lowest BCUT2D eigenvalue weighted by molar-refractivity contribution is 1.11. The van der Waals surface area contributed by atoms with Crippen molar-refractivity contribution in [2.75, 3.05) is 0 Å². The molecule has 4 nitrogen and oxygen atoms in total. The second kappa shape index (κ2) is 10.2. The molecule has 3 heterocycles. The van der Waals surface area contributed by atoms with Crippen LogP contribution in [0.5, 0.6) is 0 Å². The second-order valence-electron chi connectivity index (χ2n) is 11.3. The van der Waals surface area contributed by atoms with Crippen LogP contribution in [-0.2, 0) is 0 Å². The van der Waals surface area contributed by atoms with E-state index in [1.807, 2.05) is 36.4 Å². The molecule has 0 unspecified atom stereocenters. The predicted molar refractivity (Wildman–Crippen MR) is 183 cm³/mol. The number of fused-ring (bicyclic) bond motifs is 5. The van der Waals surface area contributed by atoms with Gasteiger partial charge in [-0.05, 0) is 29.3 Å². The van der Waals surface area contributed by atoms with Gasteiger partial charge < -0.3 is 0 Å². The Kier molecular flexibility index (Phi) is 5.78. The van der Waals surface area contributed by atoms with Crippen LogP contribution >= 0.6 is 0 Å². The van der Waals surface area contributed by atoms with Gasteiger partial charge in [0.1, 0.15) is 5.82 Å². The maximum atomic E-state index is 5.21. The van der Waals surface area contributed by atoms with Gasteiger partial charge in [-0.3, -0.25) is 4.57 Å². The largest absolute Gasteiger partial charge is 0.291 e. The smallest absolute Gasteiger partial charge is 0.160 e. The van der Waals surface area contributed by atoms with Gasteiger partial charge in [-0.15, -0.1) is 0 Å². The zero-order valence-corrected chi connectivity index (χ0v) is 24.3. The average Bonchev–Trinajstić information content (AvgIpc) is 3.46. The fourth-order valence-corrected chi connectivity index (χ4v) is 6.48. The first kappa shape index (κ1) is 25.4. The molecule has 8 aromatic rings. The lowest BCUT2D eigenvalue weighted by atomic mass is 9.94. The van der Waals surface area contributed by atoms with E-state index in [2.05, 4.69) is 126 Å². The Morgan fingerprint density at radius 1 is 0.378 bits per heavy atom. The lowest BCUT2D eigenvalue weighted by Gasteiger charge is -2.13. The van der Waals surface area contributed by atoms with E-state index < -0.39 is 0 Å². The minimum atomic E-state index is 0.691. The number of hydrogen-bond donors (Lipinski definition) is 0. The summed E-state index contributed by atoms with van der Waals surface area (Å²) in [4.78, 5) is 15.3. The fraction of sp³-hybridized carbons (Fsp3) is 0.